The van der Waals surface area contributed by atoms with Crippen LogP contribution in [0.3, 0.4) is 0 Å². The highest BCUT2D eigenvalue weighted by atomic mass is 28.4. The summed E-state index contributed by atoms with van der Waals surface area (Å²) in [6, 6.07) is 12.0. The van der Waals surface area contributed by atoms with Gasteiger partial charge in [0.1, 0.15) is 0 Å². The molecule has 0 amide bonds. The van der Waals surface area contributed by atoms with Gasteiger partial charge in [0, 0.05) is 26.4 Å². The van der Waals surface area contributed by atoms with Crippen LogP contribution in [0.1, 0.15) is 27.7 Å². The van der Waals surface area contributed by atoms with Gasteiger partial charge in [-0.25, -0.2) is 0 Å². The maximum atomic E-state index is 5.42. The highest BCUT2D eigenvalue weighted by Gasteiger charge is 2.44. The summed E-state index contributed by atoms with van der Waals surface area (Å²) in [7, 11) is -2.80. The van der Waals surface area contributed by atoms with Gasteiger partial charge in [-0.05, 0) is 27.7 Å². The van der Waals surface area contributed by atoms with E-state index in [2.05, 4.69) is 0 Å². The maximum Gasteiger partial charge on any atom is 0.679 e. The lowest BCUT2D eigenvalue weighted by atomic mass is 10.4. The summed E-state index contributed by atoms with van der Waals surface area (Å²) in [4.78, 5) is 0. The Morgan fingerprint density at radius 2 is 0.737 bits per heavy atom. The fraction of sp³-hybridized carbons (Fsp3) is 0.571. The van der Waals surface area contributed by atoms with Gasteiger partial charge in [-0.3, -0.25) is 0 Å². The van der Waals surface area contributed by atoms with Gasteiger partial charge >= 0.3 is 9.05 Å². The van der Waals surface area contributed by atoms with Crippen LogP contribution >= 0.6 is 0 Å². The molecule has 0 aliphatic heterocycles. The Morgan fingerprint density at radius 3 is 0.895 bits per heavy atom. The van der Waals surface area contributed by atoms with Crippen molar-refractivity contribution in [3.63, 3.8) is 0 Å². The zero-order chi connectivity index (χ0) is 14.4. The lowest BCUT2D eigenvalue weighted by molar-refractivity contribution is -0.0247. The molecular weight excluding hydrogens is 260 g/mol. The molecule has 1 rings (SSSR count). The van der Waals surface area contributed by atoms with E-state index >= 15 is 0 Å². The molecule has 0 aliphatic rings. The third-order valence-electron chi connectivity index (χ3n) is 1.95. The number of rotatable bonds is 8. The quantitative estimate of drug-likeness (QED) is 0.687. The molecule has 0 saturated heterocycles. The van der Waals surface area contributed by atoms with E-state index in [1.54, 1.807) is 0 Å². The minimum Gasteiger partial charge on any atom is -0.351 e. The van der Waals surface area contributed by atoms with Gasteiger partial charge in [0.15, 0.2) is 0 Å². The van der Waals surface area contributed by atoms with Crippen LogP contribution in [-0.4, -0.2) is 35.5 Å². The highest BCUT2D eigenvalue weighted by molar-refractivity contribution is 6.53. The van der Waals surface area contributed by atoms with E-state index in [4.69, 9.17) is 17.7 Å². The fourth-order valence-electron chi connectivity index (χ4n) is 1.34. The van der Waals surface area contributed by atoms with Gasteiger partial charge in [0.05, 0.1) is 0 Å². The predicted molar refractivity (Wildman–Crippen MR) is 78.7 cm³/mol. The smallest absolute Gasteiger partial charge is 0.351 e. The van der Waals surface area contributed by atoms with Gasteiger partial charge in [0.2, 0.25) is 0 Å². The second-order valence-electron chi connectivity index (χ2n) is 3.39. The van der Waals surface area contributed by atoms with Crippen molar-refractivity contribution in [2.45, 2.75) is 27.7 Å². The van der Waals surface area contributed by atoms with Crippen molar-refractivity contribution in [3.8, 4) is 0 Å². The van der Waals surface area contributed by atoms with Crippen molar-refractivity contribution in [1.82, 2.24) is 0 Å². The summed E-state index contributed by atoms with van der Waals surface area (Å²) in [6.07, 6.45) is 0. The molecule has 0 aromatic heterocycles. The summed E-state index contributed by atoms with van der Waals surface area (Å²) < 4.78 is 21.7. The molecular formula is C14H26O4Si. The second-order valence-corrected chi connectivity index (χ2v) is 5.54. The zero-order valence-electron chi connectivity index (χ0n) is 12.4. The average molecular weight is 286 g/mol. The Labute approximate surface area is 118 Å². The summed E-state index contributed by atoms with van der Waals surface area (Å²) in [5.41, 5.74) is 0. The van der Waals surface area contributed by atoms with E-state index in [9.17, 15) is 0 Å². The number of hydrogen-bond donors (Lipinski definition) is 0. The maximum absolute atomic E-state index is 5.42. The van der Waals surface area contributed by atoms with Gasteiger partial charge in [-0.1, -0.05) is 36.4 Å². The third kappa shape index (κ3) is 8.91. The molecule has 4 nitrogen and oxygen atoms in total. The van der Waals surface area contributed by atoms with Crippen LogP contribution in [0.5, 0.6) is 0 Å². The Bertz CT molecular complexity index is 226. The lowest BCUT2D eigenvalue weighted by Gasteiger charge is -2.26. The number of hydrogen-bond acceptors (Lipinski definition) is 4. The Morgan fingerprint density at radius 1 is 0.526 bits per heavy atom. The van der Waals surface area contributed by atoms with Gasteiger partial charge in [-0.15, -0.1) is 0 Å². The van der Waals surface area contributed by atoms with Crippen LogP contribution in [0.25, 0.3) is 0 Å². The Hall–Kier alpha value is -0.723. The lowest BCUT2D eigenvalue weighted by Crippen LogP contribution is -2.49. The van der Waals surface area contributed by atoms with E-state index in [0.29, 0.717) is 26.4 Å². The first-order chi connectivity index (χ1) is 9.24. The molecule has 0 saturated carbocycles. The first kappa shape index (κ1) is 18.3. The molecule has 0 fully saturated rings. The summed E-state index contributed by atoms with van der Waals surface area (Å²) in [5, 5.41) is 0. The molecule has 0 radical (unpaired) electrons. The summed E-state index contributed by atoms with van der Waals surface area (Å²) in [6.45, 7) is 9.80. The molecule has 0 bridgehead atoms. The van der Waals surface area contributed by atoms with E-state index in [1.165, 1.54) is 0 Å². The Balaban J connectivity index is 0.000000443. The van der Waals surface area contributed by atoms with Crippen LogP contribution in [-0.2, 0) is 17.7 Å². The minimum atomic E-state index is -2.80. The molecule has 5 heteroatoms. The molecule has 0 atom stereocenters. The third-order valence-corrected chi connectivity index (χ3v) is 4.52. The molecule has 0 unspecified atom stereocenters. The normalized spacial score (nSPS) is 10.7. The minimum absolute atomic E-state index is 0.548. The van der Waals surface area contributed by atoms with Crippen molar-refractivity contribution in [2.24, 2.45) is 0 Å². The SMILES string of the molecule is CCO[Si](OCC)(OCC)OCC.c1ccccc1. The largest absolute Gasteiger partial charge is 0.679 e. The van der Waals surface area contributed by atoms with Crippen LogP contribution < -0.4 is 0 Å². The first-order valence-corrected chi connectivity index (χ1v) is 8.43. The zero-order valence-corrected chi connectivity index (χ0v) is 13.4. The second kappa shape index (κ2) is 12.3. The van der Waals surface area contributed by atoms with Crippen molar-refractivity contribution < 1.29 is 17.7 Å². The first-order valence-electron chi connectivity index (χ1n) is 6.80. The van der Waals surface area contributed by atoms with E-state index in [1.807, 2.05) is 64.1 Å². The van der Waals surface area contributed by atoms with Crippen molar-refractivity contribution in [2.75, 3.05) is 26.4 Å². The molecule has 0 spiro atoms. The average Bonchev–Trinajstić information content (AvgIpc) is 2.43. The molecule has 19 heavy (non-hydrogen) atoms. The molecule has 1 aromatic rings. The molecule has 0 heterocycles. The molecule has 110 valence electrons. The van der Waals surface area contributed by atoms with Crippen LogP contribution in [0, 0.1) is 0 Å². The monoisotopic (exact) mass is 286 g/mol. The molecule has 0 N–H and O–H groups in total. The standard InChI is InChI=1S/C8H20O4Si.C6H6/c1-5-9-13(10-6-2,11-7-3)12-8-4;1-2-4-6-5-3-1/h5-8H2,1-4H3;1-6H. The van der Waals surface area contributed by atoms with Crippen LogP contribution in [0.2, 0.25) is 0 Å². The summed E-state index contributed by atoms with van der Waals surface area (Å²) >= 11 is 0. The van der Waals surface area contributed by atoms with E-state index in [-0.39, 0.29) is 0 Å². The van der Waals surface area contributed by atoms with Crippen molar-refractivity contribution >= 4 is 9.05 Å². The van der Waals surface area contributed by atoms with E-state index < -0.39 is 9.05 Å². The van der Waals surface area contributed by atoms with Crippen LogP contribution in [0.4, 0.5) is 0 Å². The van der Waals surface area contributed by atoms with Gasteiger partial charge < -0.3 is 17.7 Å². The van der Waals surface area contributed by atoms with Crippen molar-refractivity contribution in [3.05, 3.63) is 36.4 Å². The highest BCUT2D eigenvalue weighted by Crippen LogP contribution is 2.11. The molecule has 0 aliphatic carbocycles. The number of benzene rings is 1. The van der Waals surface area contributed by atoms with E-state index in [0.717, 1.165) is 0 Å². The fourth-order valence-corrected chi connectivity index (χ4v) is 3.26. The van der Waals surface area contributed by atoms with Crippen molar-refractivity contribution in [1.29, 1.82) is 0 Å². The van der Waals surface area contributed by atoms with Gasteiger partial charge in [-0.2, -0.15) is 0 Å². The Kier molecular flexibility index (Phi) is 11.8. The van der Waals surface area contributed by atoms with Crippen LogP contribution in [0.15, 0.2) is 36.4 Å². The van der Waals surface area contributed by atoms with Gasteiger partial charge in [0.25, 0.3) is 0 Å². The predicted octanol–water partition coefficient (Wildman–Crippen LogP) is 3.25. The summed E-state index contributed by atoms with van der Waals surface area (Å²) in [5.74, 6) is 0. The molecule has 1 aromatic carbocycles. The topological polar surface area (TPSA) is 36.9 Å².